The van der Waals surface area contributed by atoms with Crippen LogP contribution in [0.2, 0.25) is 0 Å². The monoisotopic (exact) mass is 298 g/mol. The van der Waals surface area contributed by atoms with Crippen LogP contribution in [-0.4, -0.2) is 16.3 Å². The van der Waals surface area contributed by atoms with Crippen molar-refractivity contribution in [2.24, 2.45) is 0 Å². The number of carbonyl (C=O) groups excluding carboxylic acids is 1. The Balaban J connectivity index is 2.02. The molecule has 2 rings (SSSR count). The highest BCUT2D eigenvalue weighted by Gasteiger charge is 2.18. The Kier molecular flexibility index (Phi) is 4.39. The van der Waals surface area contributed by atoms with Gasteiger partial charge in [0.25, 0.3) is 0 Å². The van der Waals surface area contributed by atoms with Gasteiger partial charge in [-0.15, -0.1) is 11.8 Å². The Hall–Kier alpha value is -1.89. The third kappa shape index (κ3) is 3.57. The second-order valence-corrected chi connectivity index (χ2v) is 5.53. The van der Waals surface area contributed by atoms with E-state index in [0.717, 1.165) is 30.0 Å². The predicted molar refractivity (Wildman–Crippen MR) is 71.5 cm³/mol. The van der Waals surface area contributed by atoms with Crippen LogP contribution in [0.3, 0.4) is 0 Å². The van der Waals surface area contributed by atoms with E-state index in [9.17, 15) is 13.6 Å². The van der Waals surface area contributed by atoms with Crippen LogP contribution in [0.5, 0.6) is 0 Å². The number of benzene rings is 1. The van der Waals surface area contributed by atoms with E-state index in [0.29, 0.717) is 11.6 Å². The van der Waals surface area contributed by atoms with Crippen LogP contribution in [-0.2, 0) is 4.79 Å². The molecule has 0 saturated carbocycles. The molecule has 4 nitrogen and oxygen atoms in total. The largest absolute Gasteiger partial charge is 0.360 e. The Morgan fingerprint density at radius 3 is 2.80 bits per heavy atom. The molecule has 0 aliphatic heterocycles. The summed E-state index contributed by atoms with van der Waals surface area (Å²) in [5.41, 5.74) is 0. The van der Waals surface area contributed by atoms with Gasteiger partial charge in [-0.1, -0.05) is 5.16 Å². The molecule has 0 bridgehead atoms. The second kappa shape index (κ2) is 6.04. The van der Waals surface area contributed by atoms with E-state index in [1.807, 2.05) is 0 Å². The van der Waals surface area contributed by atoms with Gasteiger partial charge >= 0.3 is 0 Å². The normalized spacial score (nSPS) is 12.2. The van der Waals surface area contributed by atoms with Crippen LogP contribution < -0.4 is 5.32 Å². The van der Waals surface area contributed by atoms with Crippen molar-refractivity contribution in [3.05, 3.63) is 41.7 Å². The van der Waals surface area contributed by atoms with Gasteiger partial charge < -0.3 is 9.84 Å². The Labute approximate surface area is 118 Å². The van der Waals surface area contributed by atoms with Crippen molar-refractivity contribution in [1.82, 2.24) is 5.16 Å². The fourth-order valence-electron chi connectivity index (χ4n) is 1.46. The number of hydrogen-bond acceptors (Lipinski definition) is 4. The van der Waals surface area contributed by atoms with Gasteiger partial charge in [0.1, 0.15) is 17.4 Å². The van der Waals surface area contributed by atoms with Gasteiger partial charge in [0.05, 0.1) is 5.25 Å². The Morgan fingerprint density at radius 2 is 2.15 bits per heavy atom. The van der Waals surface area contributed by atoms with Gasteiger partial charge in [-0.3, -0.25) is 4.79 Å². The Bertz CT molecular complexity index is 631. The predicted octanol–water partition coefficient (Wildman–Crippen LogP) is 3.38. The molecule has 1 amide bonds. The smallest absolute Gasteiger partial charge is 0.238 e. The summed E-state index contributed by atoms with van der Waals surface area (Å²) >= 11 is 0.933. The van der Waals surface area contributed by atoms with Gasteiger partial charge in [0.15, 0.2) is 5.82 Å². The maximum atomic E-state index is 13.5. The molecule has 106 valence electrons. The molecule has 2 aromatic rings. The SMILES string of the molecule is Cc1cc(NC(=O)C(C)Sc2cc(F)ccc2F)no1. The first kappa shape index (κ1) is 14.5. The standard InChI is InChI=1S/C13H12F2N2O2S/c1-7-5-12(17-19-7)16-13(18)8(2)20-11-6-9(14)3-4-10(11)15/h3-6,8H,1-2H3,(H,16,17,18). The van der Waals surface area contributed by atoms with Gasteiger partial charge in [0, 0.05) is 11.0 Å². The summed E-state index contributed by atoms with van der Waals surface area (Å²) in [6.07, 6.45) is 0. The summed E-state index contributed by atoms with van der Waals surface area (Å²) in [5, 5.41) is 5.55. The number of aromatic nitrogens is 1. The van der Waals surface area contributed by atoms with E-state index in [1.54, 1.807) is 19.9 Å². The minimum atomic E-state index is -0.608. The van der Waals surface area contributed by atoms with E-state index >= 15 is 0 Å². The lowest BCUT2D eigenvalue weighted by atomic mass is 10.3. The summed E-state index contributed by atoms with van der Waals surface area (Å²) in [7, 11) is 0. The lowest BCUT2D eigenvalue weighted by Gasteiger charge is -2.10. The molecular weight excluding hydrogens is 286 g/mol. The fourth-order valence-corrected chi connectivity index (χ4v) is 2.37. The Morgan fingerprint density at radius 1 is 1.40 bits per heavy atom. The average Bonchev–Trinajstić information content (AvgIpc) is 2.79. The molecule has 1 unspecified atom stereocenters. The number of carbonyl (C=O) groups is 1. The number of thioether (sulfide) groups is 1. The molecule has 0 aliphatic carbocycles. The van der Waals surface area contributed by atoms with E-state index in [4.69, 9.17) is 4.52 Å². The molecule has 0 fully saturated rings. The van der Waals surface area contributed by atoms with Crippen molar-refractivity contribution < 1.29 is 18.1 Å². The molecule has 7 heteroatoms. The van der Waals surface area contributed by atoms with Crippen molar-refractivity contribution in [3.8, 4) is 0 Å². The van der Waals surface area contributed by atoms with Crippen LogP contribution >= 0.6 is 11.8 Å². The van der Waals surface area contributed by atoms with Crippen LogP contribution in [0.25, 0.3) is 0 Å². The van der Waals surface area contributed by atoms with Gasteiger partial charge in [0.2, 0.25) is 5.91 Å². The number of rotatable bonds is 4. The molecule has 0 spiro atoms. The lowest BCUT2D eigenvalue weighted by molar-refractivity contribution is -0.115. The van der Waals surface area contributed by atoms with Crippen LogP contribution in [0, 0.1) is 18.6 Å². The molecule has 0 radical (unpaired) electrons. The zero-order valence-electron chi connectivity index (χ0n) is 10.8. The van der Waals surface area contributed by atoms with Crippen LogP contribution in [0.1, 0.15) is 12.7 Å². The average molecular weight is 298 g/mol. The van der Waals surface area contributed by atoms with Crippen LogP contribution in [0.15, 0.2) is 33.7 Å². The topological polar surface area (TPSA) is 55.1 Å². The number of aryl methyl sites for hydroxylation is 1. The molecule has 1 N–H and O–H groups in total. The molecule has 1 aromatic carbocycles. The van der Waals surface area contributed by atoms with Crippen LogP contribution in [0.4, 0.5) is 14.6 Å². The highest BCUT2D eigenvalue weighted by molar-refractivity contribution is 8.00. The number of hydrogen-bond donors (Lipinski definition) is 1. The fraction of sp³-hybridized carbons (Fsp3) is 0.231. The van der Waals surface area contributed by atoms with Gasteiger partial charge in [-0.2, -0.15) is 0 Å². The quantitative estimate of drug-likeness (QED) is 0.879. The van der Waals surface area contributed by atoms with E-state index in [-0.39, 0.29) is 10.8 Å². The summed E-state index contributed by atoms with van der Waals surface area (Å²) < 4.78 is 31.3. The second-order valence-electron chi connectivity index (χ2n) is 4.15. The number of nitrogens with one attached hydrogen (secondary N) is 1. The molecule has 0 aliphatic rings. The zero-order valence-corrected chi connectivity index (χ0v) is 11.6. The maximum Gasteiger partial charge on any atom is 0.238 e. The number of amides is 1. The molecule has 1 atom stereocenters. The molecular formula is C13H12F2N2O2S. The summed E-state index contributed by atoms with van der Waals surface area (Å²) in [4.78, 5) is 12.0. The van der Waals surface area contributed by atoms with Crippen molar-refractivity contribution >= 4 is 23.5 Å². The maximum absolute atomic E-state index is 13.5. The summed E-state index contributed by atoms with van der Waals surface area (Å²) in [6.45, 7) is 3.29. The first-order valence-corrected chi connectivity index (χ1v) is 6.69. The van der Waals surface area contributed by atoms with Gasteiger partial charge in [-0.25, -0.2) is 8.78 Å². The third-order valence-corrected chi connectivity index (χ3v) is 3.58. The molecule has 1 aromatic heterocycles. The van der Waals surface area contributed by atoms with Crippen molar-refractivity contribution in [2.45, 2.75) is 24.0 Å². The lowest BCUT2D eigenvalue weighted by Crippen LogP contribution is -2.22. The third-order valence-electron chi connectivity index (χ3n) is 2.45. The first-order valence-electron chi connectivity index (χ1n) is 5.81. The minimum absolute atomic E-state index is 0.0870. The zero-order chi connectivity index (χ0) is 14.7. The molecule has 20 heavy (non-hydrogen) atoms. The highest BCUT2D eigenvalue weighted by Crippen LogP contribution is 2.27. The highest BCUT2D eigenvalue weighted by atomic mass is 32.2. The van der Waals surface area contributed by atoms with Crippen molar-refractivity contribution in [1.29, 1.82) is 0 Å². The van der Waals surface area contributed by atoms with E-state index in [1.165, 1.54) is 0 Å². The van der Waals surface area contributed by atoms with E-state index in [2.05, 4.69) is 10.5 Å². The van der Waals surface area contributed by atoms with Crippen molar-refractivity contribution in [2.75, 3.05) is 5.32 Å². The van der Waals surface area contributed by atoms with Crippen molar-refractivity contribution in [3.63, 3.8) is 0 Å². The first-order chi connectivity index (χ1) is 9.45. The minimum Gasteiger partial charge on any atom is -0.360 e. The molecule has 0 saturated heterocycles. The van der Waals surface area contributed by atoms with E-state index < -0.39 is 16.9 Å². The van der Waals surface area contributed by atoms with Gasteiger partial charge in [-0.05, 0) is 32.0 Å². The number of anilines is 1. The number of nitrogens with zero attached hydrogens (tertiary/aromatic N) is 1. The summed E-state index contributed by atoms with van der Waals surface area (Å²) in [6, 6.07) is 4.69. The number of halogens is 2. The summed E-state index contributed by atoms with van der Waals surface area (Å²) in [5.74, 6) is -0.620. The molecule has 1 heterocycles.